The molecule has 32 heavy (non-hydrogen) atoms. The Bertz CT molecular complexity index is 610. The molecule has 1 unspecified atom stereocenters. The summed E-state index contributed by atoms with van der Waals surface area (Å²) in [5, 5.41) is 2.97. The molecule has 1 atom stereocenters. The Kier molecular flexibility index (Phi) is 12.6. The summed E-state index contributed by atoms with van der Waals surface area (Å²) in [4.78, 5) is 12.0. The number of hydrogen-bond acceptors (Lipinski definition) is 12. The normalized spacial score (nSPS) is 13.3. The summed E-state index contributed by atoms with van der Waals surface area (Å²) in [6.07, 6.45) is 2.08. The van der Waals surface area contributed by atoms with Gasteiger partial charge in [-0.15, -0.1) is 0 Å². The van der Waals surface area contributed by atoms with E-state index >= 15 is 0 Å². The summed E-state index contributed by atoms with van der Waals surface area (Å²) in [7, 11) is 4.41. The van der Waals surface area contributed by atoms with Crippen LogP contribution in [0.4, 0.5) is 17.8 Å². The predicted molar refractivity (Wildman–Crippen MR) is 120 cm³/mol. The first-order valence-corrected chi connectivity index (χ1v) is 11.0. The van der Waals surface area contributed by atoms with Gasteiger partial charge in [0.05, 0.1) is 13.2 Å². The Labute approximate surface area is 190 Å². The number of anilines is 3. The highest BCUT2D eigenvalue weighted by Crippen LogP contribution is 2.31. The highest BCUT2D eigenvalue weighted by molar-refractivity contribution is 5.37. The monoisotopic (exact) mass is 460 g/mol. The maximum Gasteiger partial charge on any atom is 0.377 e. The molecule has 0 amide bonds. The van der Waals surface area contributed by atoms with Crippen LogP contribution in [0.25, 0.3) is 0 Å². The van der Waals surface area contributed by atoms with Gasteiger partial charge in [-0.1, -0.05) is 40.0 Å². The Morgan fingerprint density at radius 1 is 0.812 bits per heavy atom. The first kappa shape index (κ1) is 28.2. The molecular formula is C20H40N6O6. The highest BCUT2D eigenvalue weighted by Gasteiger charge is 2.48. The van der Waals surface area contributed by atoms with Gasteiger partial charge in [-0.05, 0) is 19.3 Å². The number of aromatic nitrogens is 3. The molecule has 0 saturated heterocycles. The van der Waals surface area contributed by atoms with Crippen molar-refractivity contribution in [1.82, 2.24) is 15.0 Å². The number of nitrogens with two attached hydrogens (primary N) is 2. The summed E-state index contributed by atoms with van der Waals surface area (Å²) < 4.78 is 35.2. The van der Waals surface area contributed by atoms with Gasteiger partial charge < -0.3 is 35.2 Å². The zero-order valence-electron chi connectivity index (χ0n) is 20.2. The average molecular weight is 461 g/mol. The molecule has 186 valence electrons. The largest absolute Gasteiger partial charge is 0.377 e. The molecule has 0 bridgehead atoms. The minimum Gasteiger partial charge on any atom is -0.368 e. The van der Waals surface area contributed by atoms with Crippen LogP contribution >= 0.6 is 0 Å². The maximum atomic E-state index is 6.38. The third-order valence-corrected chi connectivity index (χ3v) is 4.61. The Hall–Kier alpha value is -1.83. The summed E-state index contributed by atoms with van der Waals surface area (Å²) in [6.45, 7) is 6.78. The number of nitrogens with one attached hydrogen (secondary N) is 1. The van der Waals surface area contributed by atoms with Crippen LogP contribution in [-0.4, -0.2) is 67.7 Å². The second-order valence-electron chi connectivity index (χ2n) is 7.07. The Balaban J connectivity index is 3.41. The number of rotatable bonds is 18. The second kappa shape index (κ2) is 14.3. The molecule has 0 spiro atoms. The van der Waals surface area contributed by atoms with E-state index in [-0.39, 0.29) is 17.8 Å². The zero-order valence-corrected chi connectivity index (χ0v) is 20.2. The SMILES string of the molecule is CCCCOC(Nc1nc(N)nc(N)n1)(OCCCC)OC(CCC)C(OC)(OC)OC. The Morgan fingerprint density at radius 2 is 1.31 bits per heavy atom. The van der Waals surface area contributed by atoms with Crippen molar-refractivity contribution in [3.63, 3.8) is 0 Å². The van der Waals surface area contributed by atoms with Crippen LogP contribution in [-0.2, 0) is 28.4 Å². The van der Waals surface area contributed by atoms with Gasteiger partial charge in [0.15, 0.2) is 0 Å². The summed E-state index contributed by atoms with van der Waals surface area (Å²) >= 11 is 0. The fourth-order valence-corrected chi connectivity index (χ4v) is 2.92. The van der Waals surface area contributed by atoms with Crippen molar-refractivity contribution in [3.05, 3.63) is 0 Å². The zero-order chi connectivity index (χ0) is 24.0. The number of nitrogens with zero attached hydrogens (tertiary/aromatic N) is 3. The molecule has 1 heterocycles. The Morgan fingerprint density at radius 3 is 1.72 bits per heavy atom. The van der Waals surface area contributed by atoms with Crippen LogP contribution in [0.1, 0.15) is 59.3 Å². The molecule has 0 aromatic carbocycles. The van der Waals surface area contributed by atoms with E-state index < -0.39 is 18.2 Å². The van der Waals surface area contributed by atoms with Crippen molar-refractivity contribution in [2.75, 3.05) is 51.3 Å². The van der Waals surface area contributed by atoms with Crippen LogP contribution in [0.5, 0.6) is 0 Å². The van der Waals surface area contributed by atoms with Crippen molar-refractivity contribution in [3.8, 4) is 0 Å². The smallest absolute Gasteiger partial charge is 0.368 e. The van der Waals surface area contributed by atoms with Gasteiger partial charge >= 0.3 is 12.1 Å². The van der Waals surface area contributed by atoms with E-state index in [1.54, 1.807) is 0 Å². The molecule has 0 radical (unpaired) electrons. The second-order valence-corrected chi connectivity index (χ2v) is 7.07. The number of hydrogen-bond donors (Lipinski definition) is 3. The molecule has 12 nitrogen and oxygen atoms in total. The first-order chi connectivity index (χ1) is 15.3. The topological polar surface area (TPSA) is 158 Å². The van der Waals surface area contributed by atoms with Gasteiger partial charge in [0.2, 0.25) is 17.8 Å². The number of unbranched alkanes of at least 4 members (excludes halogenated alkanes) is 2. The van der Waals surface area contributed by atoms with Crippen molar-refractivity contribution in [1.29, 1.82) is 0 Å². The molecule has 0 aliphatic heterocycles. The van der Waals surface area contributed by atoms with Crippen LogP contribution in [0, 0.1) is 0 Å². The number of ether oxygens (including phenoxy) is 6. The molecule has 0 aliphatic rings. The van der Waals surface area contributed by atoms with Crippen LogP contribution in [0.2, 0.25) is 0 Å². The lowest BCUT2D eigenvalue weighted by atomic mass is 10.1. The molecule has 0 saturated carbocycles. The van der Waals surface area contributed by atoms with Gasteiger partial charge in [0.1, 0.15) is 6.10 Å². The lowest BCUT2D eigenvalue weighted by molar-refractivity contribution is -0.452. The van der Waals surface area contributed by atoms with Crippen molar-refractivity contribution in [2.24, 2.45) is 0 Å². The minimum absolute atomic E-state index is 0.0381. The highest BCUT2D eigenvalue weighted by atomic mass is 16.9. The molecule has 12 heteroatoms. The molecule has 1 aromatic heterocycles. The number of nitrogen functional groups attached to an aromatic ring is 2. The van der Waals surface area contributed by atoms with E-state index in [2.05, 4.69) is 34.1 Å². The van der Waals surface area contributed by atoms with Crippen LogP contribution < -0.4 is 16.8 Å². The molecule has 0 fully saturated rings. The van der Waals surface area contributed by atoms with Crippen molar-refractivity contribution < 1.29 is 28.4 Å². The van der Waals surface area contributed by atoms with Crippen LogP contribution in [0.15, 0.2) is 0 Å². The summed E-state index contributed by atoms with van der Waals surface area (Å²) in [5.41, 5.74) is 11.5. The standard InChI is InChI=1S/C20H40N6O6/c1-7-10-13-30-20(31-14-11-8-2,26-18-24-16(21)23-17(22)25-18)32-15(12-9-3)19(27-4,28-5)29-6/h15H,7-14H2,1-6H3,(H5,21,22,23,24,25,26). The molecule has 1 rings (SSSR count). The van der Waals surface area contributed by atoms with E-state index in [1.807, 2.05) is 6.92 Å². The molecule has 1 aromatic rings. The summed E-state index contributed by atoms with van der Waals surface area (Å²) in [6, 6.07) is 0. The first-order valence-electron chi connectivity index (χ1n) is 11.0. The van der Waals surface area contributed by atoms with Gasteiger partial charge in [0, 0.05) is 21.3 Å². The molecule has 0 aliphatic carbocycles. The van der Waals surface area contributed by atoms with E-state index in [1.165, 1.54) is 21.3 Å². The third kappa shape index (κ3) is 8.26. The van der Waals surface area contributed by atoms with Gasteiger partial charge in [0.25, 0.3) is 0 Å². The molecular weight excluding hydrogens is 420 g/mol. The quantitative estimate of drug-likeness (QED) is 0.217. The van der Waals surface area contributed by atoms with E-state index in [4.69, 9.17) is 39.9 Å². The van der Waals surface area contributed by atoms with Gasteiger partial charge in [-0.2, -0.15) is 15.0 Å². The predicted octanol–water partition coefficient (Wildman–Crippen LogP) is 2.47. The fraction of sp³-hybridized carbons (Fsp3) is 0.850. The van der Waals surface area contributed by atoms with Gasteiger partial charge in [-0.25, -0.2) is 0 Å². The summed E-state index contributed by atoms with van der Waals surface area (Å²) in [5.74, 6) is -1.57. The lowest BCUT2D eigenvalue weighted by Gasteiger charge is -2.42. The third-order valence-electron chi connectivity index (χ3n) is 4.61. The fourth-order valence-electron chi connectivity index (χ4n) is 2.92. The van der Waals surface area contributed by atoms with E-state index in [0.717, 1.165) is 32.1 Å². The van der Waals surface area contributed by atoms with E-state index in [0.29, 0.717) is 19.6 Å². The van der Waals surface area contributed by atoms with E-state index in [9.17, 15) is 0 Å². The number of methoxy groups -OCH3 is 3. The van der Waals surface area contributed by atoms with Crippen molar-refractivity contribution >= 4 is 17.8 Å². The van der Waals surface area contributed by atoms with Crippen LogP contribution in [0.3, 0.4) is 0 Å². The van der Waals surface area contributed by atoms with Gasteiger partial charge in [-0.3, -0.25) is 10.1 Å². The lowest BCUT2D eigenvalue weighted by Crippen LogP contribution is -2.57. The average Bonchev–Trinajstić information content (AvgIpc) is 2.75. The minimum atomic E-state index is -1.79. The molecule has 5 N–H and O–H groups in total. The maximum absolute atomic E-state index is 6.38. The van der Waals surface area contributed by atoms with Crippen molar-refractivity contribution in [2.45, 2.75) is 77.5 Å².